The third-order valence-electron chi connectivity index (χ3n) is 2.21. The minimum atomic E-state index is 0. The number of aryl methyl sites for hydroxylation is 1. The molecule has 0 atom stereocenters. The number of hydrogen-bond donors (Lipinski definition) is 0. The molecule has 0 amide bonds. The van der Waals surface area contributed by atoms with Crippen LogP contribution in [0.5, 0.6) is 5.75 Å². The maximum absolute atomic E-state index is 5.15. The van der Waals surface area contributed by atoms with E-state index in [4.69, 9.17) is 4.74 Å². The molecule has 1 heterocycles. The molecule has 0 aliphatic carbocycles. The summed E-state index contributed by atoms with van der Waals surface area (Å²) in [6, 6.07) is 12.9. The maximum Gasteiger partial charge on any atom is 0.113 e. The van der Waals surface area contributed by atoms with Crippen molar-refractivity contribution in [1.29, 1.82) is 0 Å². The van der Waals surface area contributed by atoms with Crippen LogP contribution in [0.25, 0.3) is 11.3 Å². The van der Waals surface area contributed by atoms with Crippen molar-refractivity contribution in [1.82, 2.24) is 4.98 Å². The first kappa shape index (κ1) is 12.9. The molecule has 16 heavy (non-hydrogen) atoms. The van der Waals surface area contributed by atoms with E-state index in [0.717, 1.165) is 17.0 Å². The number of rotatable bonds is 2. The summed E-state index contributed by atoms with van der Waals surface area (Å²) < 4.78 is 5.15. The molecule has 0 spiro atoms. The van der Waals surface area contributed by atoms with E-state index in [1.54, 1.807) is 13.3 Å². The fraction of sp³-hybridized carbons (Fsp3) is 0.154. The molecule has 1 aromatic heterocycles. The minimum absolute atomic E-state index is 0. The average molecular weight is 390 g/mol. The smallest absolute Gasteiger partial charge is 0.113 e. The van der Waals surface area contributed by atoms with E-state index in [9.17, 15) is 0 Å². The van der Waals surface area contributed by atoms with Gasteiger partial charge in [-0.2, -0.15) is 0 Å². The quantitative estimate of drug-likeness (QED) is 0.736. The third-order valence-corrected chi connectivity index (χ3v) is 2.21. The molecule has 0 N–H and O–H groups in total. The van der Waals surface area contributed by atoms with Crippen LogP contribution < -0.4 is 4.74 Å². The van der Waals surface area contributed by atoms with Gasteiger partial charge in [0.1, 0.15) is 5.75 Å². The Bertz CT molecular complexity index is 454. The monoisotopic (exact) mass is 391 g/mol. The van der Waals surface area contributed by atoms with Gasteiger partial charge in [0.2, 0.25) is 0 Å². The third kappa shape index (κ3) is 2.91. The van der Waals surface area contributed by atoms with Gasteiger partial charge in [-0.3, -0.25) is 0 Å². The number of ether oxygens (including phenoxy) is 1. The van der Waals surface area contributed by atoms with Gasteiger partial charge in [0.05, 0.1) is 7.11 Å². The molecule has 0 unspecified atom stereocenters. The van der Waals surface area contributed by atoms with E-state index in [2.05, 4.69) is 11.1 Å². The molecule has 0 saturated heterocycles. The Morgan fingerprint density at radius 2 is 2.06 bits per heavy atom. The molecule has 0 saturated carbocycles. The van der Waals surface area contributed by atoms with E-state index >= 15 is 0 Å². The van der Waals surface area contributed by atoms with Gasteiger partial charge in [-0.25, -0.2) is 0 Å². The molecular formula is C13H12IrNO-. The zero-order valence-electron chi connectivity index (χ0n) is 9.15. The summed E-state index contributed by atoms with van der Waals surface area (Å²) in [4.78, 5) is 4.28. The Balaban J connectivity index is 0.00000128. The second-order valence-corrected chi connectivity index (χ2v) is 3.36. The van der Waals surface area contributed by atoms with Crippen molar-refractivity contribution in [3.63, 3.8) is 0 Å². The van der Waals surface area contributed by atoms with Gasteiger partial charge in [0, 0.05) is 26.3 Å². The number of nitrogens with zero attached hydrogens (tertiary/aromatic N) is 1. The summed E-state index contributed by atoms with van der Waals surface area (Å²) in [6.07, 6.45) is 1.74. The normalized spacial score (nSPS) is 9.38. The fourth-order valence-corrected chi connectivity index (χ4v) is 1.35. The van der Waals surface area contributed by atoms with E-state index in [-0.39, 0.29) is 20.1 Å². The van der Waals surface area contributed by atoms with Gasteiger partial charge in [-0.1, -0.05) is 6.92 Å². The summed E-state index contributed by atoms with van der Waals surface area (Å²) in [7, 11) is 1.65. The molecule has 2 nitrogen and oxygen atoms in total. The van der Waals surface area contributed by atoms with Crippen LogP contribution in [0.3, 0.4) is 0 Å². The van der Waals surface area contributed by atoms with Crippen molar-refractivity contribution in [2.24, 2.45) is 0 Å². The van der Waals surface area contributed by atoms with Gasteiger partial charge in [-0.15, -0.1) is 35.4 Å². The fourth-order valence-electron chi connectivity index (χ4n) is 1.35. The molecule has 1 radical (unpaired) electrons. The van der Waals surface area contributed by atoms with Crippen molar-refractivity contribution < 1.29 is 24.8 Å². The Hall–Kier alpha value is -1.18. The number of aromatic nitrogens is 1. The van der Waals surface area contributed by atoms with Crippen LogP contribution in [0.4, 0.5) is 0 Å². The van der Waals surface area contributed by atoms with E-state index in [1.807, 2.05) is 37.3 Å². The van der Waals surface area contributed by atoms with Crippen LogP contribution in [0.2, 0.25) is 0 Å². The van der Waals surface area contributed by atoms with Gasteiger partial charge in [0.15, 0.2) is 0 Å². The van der Waals surface area contributed by atoms with Gasteiger partial charge in [0.25, 0.3) is 0 Å². The van der Waals surface area contributed by atoms with Crippen LogP contribution in [-0.4, -0.2) is 12.1 Å². The van der Waals surface area contributed by atoms with Gasteiger partial charge < -0.3 is 9.72 Å². The van der Waals surface area contributed by atoms with Crippen molar-refractivity contribution in [2.45, 2.75) is 6.92 Å². The zero-order chi connectivity index (χ0) is 10.7. The second kappa shape index (κ2) is 5.78. The van der Waals surface area contributed by atoms with Crippen LogP contribution in [0, 0.1) is 13.0 Å². The first-order valence-electron chi connectivity index (χ1n) is 4.78. The minimum Gasteiger partial charge on any atom is -0.497 e. The Morgan fingerprint density at radius 3 is 2.69 bits per heavy atom. The Kier molecular flexibility index (Phi) is 4.66. The molecule has 0 aliphatic heterocycles. The summed E-state index contributed by atoms with van der Waals surface area (Å²) in [5, 5.41) is 0. The molecule has 0 fully saturated rings. The number of methoxy groups -OCH3 is 1. The second-order valence-electron chi connectivity index (χ2n) is 3.36. The van der Waals surface area contributed by atoms with E-state index in [0.29, 0.717) is 0 Å². The average Bonchev–Trinajstić information content (AvgIpc) is 2.30. The molecular weight excluding hydrogens is 378 g/mol. The van der Waals surface area contributed by atoms with Gasteiger partial charge >= 0.3 is 0 Å². The van der Waals surface area contributed by atoms with Crippen molar-refractivity contribution in [2.75, 3.05) is 7.11 Å². The first-order valence-corrected chi connectivity index (χ1v) is 4.78. The van der Waals surface area contributed by atoms with Crippen LogP contribution in [0.15, 0.2) is 36.5 Å². The zero-order valence-corrected chi connectivity index (χ0v) is 11.5. The first-order chi connectivity index (χ1) is 7.29. The number of hydrogen-bond acceptors (Lipinski definition) is 2. The van der Waals surface area contributed by atoms with E-state index in [1.165, 1.54) is 5.56 Å². The molecule has 2 aromatic rings. The summed E-state index contributed by atoms with van der Waals surface area (Å²) in [5.74, 6) is 0.814. The molecule has 0 aliphatic rings. The molecule has 2 rings (SSSR count). The topological polar surface area (TPSA) is 22.1 Å². The van der Waals surface area contributed by atoms with Crippen LogP contribution >= 0.6 is 0 Å². The standard InChI is InChI=1S/C13H12NO.Ir/c1-10-3-5-11(6-4-10)13-9-12(15-2)7-8-14-13;/h3-5,7-9H,1-2H3;/q-1;. The maximum atomic E-state index is 5.15. The number of benzene rings is 1. The van der Waals surface area contributed by atoms with E-state index < -0.39 is 0 Å². The van der Waals surface area contributed by atoms with Crippen molar-refractivity contribution in [3.05, 3.63) is 48.2 Å². The van der Waals surface area contributed by atoms with Crippen LogP contribution in [0.1, 0.15) is 5.56 Å². The predicted octanol–water partition coefficient (Wildman–Crippen LogP) is 2.86. The predicted molar refractivity (Wildman–Crippen MR) is 59.8 cm³/mol. The SMILES string of the molecule is COc1ccnc(-c2[c-]cc(C)cc2)c1.[Ir]. The van der Waals surface area contributed by atoms with Crippen molar-refractivity contribution >= 4 is 0 Å². The Morgan fingerprint density at radius 1 is 1.25 bits per heavy atom. The molecule has 1 aromatic carbocycles. The van der Waals surface area contributed by atoms with Gasteiger partial charge in [-0.05, 0) is 17.8 Å². The van der Waals surface area contributed by atoms with Crippen molar-refractivity contribution in [3.8, 4) is 17.0 Å². The largest absolute Gasteiger partial charge is 0.497 e. The summed E-state index contributed by atoms with van der Waals surface area (Å²) in [6.45, 7) is 2.04. The molecule has 3 heteroatoms. The number of pyridine rings is 1. The summed E-state index contributed by atoms with van der Waals surface area (Å²) >= 11 is 0. The molecule has 85 valence electrons. The molecule has 0 bridgehead atoms. The Labute approximate surface area is 109 Å². The van der Waals surface area contributed by atoms with Crippen LogP contribution in [-0.2, 0) is 20.1 Å². The summed E-state index contributed by atoms with van der Waals surface area (Å²) in [5.41, 5.74) is 3.07.